The first kappa shape index (κ1) is 6.90. The molecule has 1 rings (SSSR count). The first-order chi connectivity index (χ1) is 4.75. The number of anilines is 1. The van der Waals surface area contributed by atoms with Crippen molar-refractivity contribution in [2.45, 2.75) is 6.54 Å². The molecule has 0 aromatic carbocycles. The molecular formula is C5H5ClN4. The minimum absolute atomic E-state index is 0.135. The van der Waals surface area contributed by atoms with E-state index in [1.807, 2.05) is 6.07 Å². The molecule has 5 heteroatoms. The Kier molecular flexibility index (Phi) is 1.78. The molecule has 0 fully saturated rings. The van der Waals surface area contributed by atoms with Gasteiger partial charge >= 0.3 is 0 Å². The molecule has 4 nitrogen and oxygen atoms in total. The largest absolute Gasteiger partial charge is 0.395 e. The molecule has 10 heavy (non-hydrogen) atoms. The molecule has 0 aliphatic heterocycles. The zero-order valence-corrected chi connectivity index (χ0v) is 5.84. The van der Waals surface area contributed by atoms with Crippen LogP contribution in [0.4, 0.5) is 5.69 Å². The maximum Gasteiger partial charge on any atom is 0.151 e. The Morgan fingerprint density at radius 2 is 2.60 bits per heavy atom. The fourth-order valence-corrected chi connectivity index (χ4v) is 0.714. The van der Waals surface area contributed by atoms with Gasteiger partial charge in [-0.3, -0.25) is 0 Å². The third-order valence-corrected chi connectivity index (χ3v) is 1.43. The van der Waals surface area contributed by atoms with Crippen LogP contribution in [0, 0.1) is 11.3 Å². The van der Waals surface area contributed by atoms with E-state index in [-0.39, 0.29) is 6.54 Å². The second-order valence-corrected chi connectivity index (χ2v) is 2.06. The maximum atomic E-state index is 8.24. The predicted molar refractivity (Wildman–Crippen MR) is 37.3 cm³/mol. The molecule has 0 saturated heterocycles. The normalized spacial score (nSPS) is 9.20. The van der Waals surface area contributed by atoms with Crippen molar-refractivity contribution in [1.82, 2.24) is 9.78 Å². The fourth-order valence-electron chi connectivity index (χ4n) is 0.562. The summed E-state index contributed by atoms with van der Waals surface area (Å²) in [5.74, 6) is 0. The van der Waals surface area contributed by atoms with Gasteiger partial charge in [0.1, 0.15) is 6.54 Å². The van der Waals surface area contributed by atoms with E-state index in [9.17, 15) is 0 Å². The molecule has 1 aromatic heterocycles. The number of nitrogens with zero attached hydrogens (tertiary/aromatic N) is 3. The zero-order valence-electron chi connectivity index (χ0n) is 5.08. The van der Waals surface area contributed by atoms with E-state index in [2.05, 4.69) is 5.10 Å². The van der Waals surface area contributed by atoms with E-state index < -0.39 is 0 Å². The molecule has 1 aromatic rings. The van der Waals surface area contributed by atoms with Crippen LogP contribution in [0.5, 0.6) is 0 Å². The molecule has 2 N–H and O–H groups in total. The predicted octanol–water partition coefficient (Wildman–Crippen LogP) is 0.642. The molecule has 0 radical (unpaired) electrons. The van der Waals surface area contributed by atoms with E-state index in [1.165, 1.54) is 10.9 Å². The molecule has 0 aliphatic rings. The number of hydrogen-bond donors (Lipinski definition) is 1. The smallest absolute Gasteiger partial charge is 0.151 e. The van der Waals surface area contributed by atoms with Crippen LogP contribution < -0.4 is 5.73 Å². The quantitative estimate of drug-likeness (QED) is 0.649. The highest BCUT2D eigenvalue weighted by Crippen LogP contribution is 2.15. The number of hydrogen-bond acceptors (Lipinski definition) is 3. The summed E-state index contributed by atoms with van der Waals surface area (Å²) in [6.07, 6.45) is 1.42. The highest BCUT2D eigenvalue weighted by Gasteiger charge is 2.02. The van der Waals surface area contributed by atoms with Crippen molar-refractivity contribution in [3.63, 3.8) is 0 Å². The van der Waals surface area contributed by atoms with Gasteiger partial charge in [-0.2, -0.15) is 10.4 Å². The van der Waals surface area contributed by atoms with Crippen molar-refractivity contribution < 1.29 is 0 Å². The van der Waals surface area contributed by atoms with Crippen LogP contribution in [0.2, 0.25) is 5.15 Å². The van der Waals surface area contributed by atoms with Crippen molar-refractivity contribution in [3.05, 3.63) is 11.3 Å². The van der Waals surface area contributed by atoms with E-state index in [1.54, 1.807) is 0 Å². The summed E-state index contributed by atoms with van der Waals surface area (Å²) in [5.41, 5.74) is 5.75. The Balaban J connectivity index is 2.96. The first-order valence-corrected chi connectivity index (χ1v) is 2.97. The fraction of sp³-hybridized carbons (Fsp3) is 0.200. The van der Waals surface area contributed by atoms with Gasteiger partial charge in [0, 0.05) is 0 Å². The number of nitrogens with two attached hydrogens (primary N) is 1. The van der Waals surface area contributed by atoms with Crippen molar-refractivity contribution in [1.29, 1.82) is 5.26 Å². The number of halogens is 1. The molecule has 0 aliphatic carbocycles. The lowest BCUT2D eigenvalue weighted by molar-refractivity contribution is 0.711. The number of aromatic nitrogens is 2. The average Bonchev–Trinajstić information content (AvgIpc) is 2.20. The lowest BCUT2D eigenvalue weighted by Crippen LogP contribution is -1.97. The van der Waals surface area contributed by atoms with Gasteiger partial charge in [0.15, 0.2) is 5.15 Å². The van der Waals surface area contributed by atoms with Gasteiger partial charge < -0.3 is 5.73 Å². The Bertz CT molecular complexity index is 272. The second kappa shape index (κ2) is 2.58. The van der Waals surface area contributed by atoms with E-state index in [0.29, 0.717) is 10.8 Å². The van der Waals surface area contributed by atoms with Crippen LogP contribution in [0.3, 0.4) is 0 Å². The zero-order chi connectivity index (χ0) is 7.56. The Morgan fingerprint density at radius 3 is 3.00 bits per heavy atom. The van der Waals surface area contributed by atoms with E-state index in [0.717, 1.165) is 0 Å². The summed E-state index contributed by atoms with van der Waals surface area (Å²) in [7, 11) is 0. The van der Waals surface area contributed by atoms with Gasteiger partial charge in [0.2, 0.25) is 0 Å². The molecule has 1 heterocycles. The van der Waals surface area contributed by atoms with Crippen molar-refractivity contribution in [3.8, 4) is 6.07 Å². The molecule has 52 valence electrons. The Morgan fingerprint density at radius 1 is 1.90 bits per heavy atom. The molecule has 0 atom stereocenters. The summed E-state index contributed by atoms with van der Waals surface area (Å²) < 4.78 is 1.33. The molecule has 0 spiro atoms. The summed E-state index contributed by atoms with van der Waals surface area (Å²) in [6, 6.07) is 1.90. The van der Waals surface area contributed by atoms with Gasteiger partial charge in [0.05, 0.1) is 18.0 Å². The summed E-state index contributed by atoms with van der Waals surface area (Å²) in [6.45, 7) is 0.135. The van der Waals surface area contributed by atoms with Crippen molar-refractivity contribution >= 4 is 17.3 Å². The highest BCUT2D eigenvalue weighted by molar-refractivity contribution is 6.32. The van der Waals surface area contributed by atoms with Crippen LogP contribution in [-0.2, 0) is 6.54 Å². The lowest BCUT2D eigenvalue weighted by atomic mass is 10.6. The summed E-state index contributed by atoms with van der Waals surface area (Å²) in [5, 5.41) is 12.3. The molecule has 0 bridgehead atoms. The standard InChI is InChI=1S/C5H5ClN4/c6-5-4(8)3-9-10(5)2-1-7/h3H,2,8H2. The lowest BCUT2D eigenvalue weighted by Gasteiger charge is -1.92. The third-order valence-electron chi connectivity index (χ3n) is 1.02. The Labute approximate surface area is 62.8 Å². The second-order valence-electron chi connectivity index (χ2n) is 1.71. The molecule has 0 saturated carbocycles. The first-order valence-electron chi connectivity index (χ1n) is 2.59. The van der Waals surface area contributed by atoms with Crippen LogP contribution in [0.25, 0.3) is 0 Å². The molecular weight excluding hydrogens is 152 g/mol. The third kappa shape index (κ3) is 1.04. The summed E-state index contributed by atoms with van der Waals surface area (Å²) in [4.78, 5) is 0. The van der Waals surface area contributed by atoms with Crippen molar-refractivity contribution in [2.75, 3.05) is 5.73 Å². The van der Waals surface area contributed by atoms with Gasteiger partial charge in [-0.05, 0) is 0 Å². The number of rotatable bonds is 1. The van der Waals surface area contributed by atoms with E-state index in [4.69, 9.17) is 22.6 Å². The number of nitriles is 1. The minimum atomic E-state index is 0.135. The monoisotopic (exact) mass is 156 g/mol. The number of nitrogen functional groups attached to an aromatic ring is 1. The van der Waals surface area contributed by atoms with Crippen LogP contribution in [0.15, 0.2) is 6.20 Å². The van der Waals surface area contributed by atoms with Gasteiger partial charge in [0.25, 0.3) is 0 Å². The van der Waals surface area contributed by atoms with Crippen molar-refractivity contribution in [2.24, 2.45) is 0 Å². The Hall–Kier alpha value is -1.21. The molecule has 0 amide bonds. The maximum absolute atomic E-state index is 8.24. The molecule has 0 unspecified atom stereocenters. The SMILES string of the molecule is N#CCn1ncc(N)c1Cl. The van der Waals surface area contributed by atoms with Gasteiger partial charge in [-0.15, -0.1) is 0 Å². The van der Waals surface area contributed by atoms with Gasteiger partial charge in [-0.25, -0.2) is 4.68 Å². The highest BCUT2D eigenvalue weighted by atomic mass is 35.5. The minimum Gasteiger partial charge on any atom is -0.395 e. The van der Waals surface area contributed by atoms with Crippen LogP contribution >= 0.6 is 11.6 Å². The van der Waals surface area contributed by atoms with Crippen LogP contribution in [0.1, 0.15) is 0 Å². The van der Waals surface area contributed by atoms with Gasteiger partial charge in [-0.1, -0.05) is 11.6 Å². The summed E-state index contributed by atoms with van der Waals surface area (Å²) >= 11 is 5.61. The van der Waals surface area contributed by atoms with E-state index >= 15 is 0 Å². The van der Waals surface area contributed by atoms with Crippen LogP contribution in [-0.4, -0.2) is 9.78 Å². The average molecular weight is 157 g/mol. The topological polar surface area (TPSA) is 67.6 Å².